The molecule has 0 heterocycles. The van der Waals surface area contributed by atoms with E-state index >= 15 is 0 Å². The van der Waals surface area contributed by atoms with Crippen LogP contribution < -0.4 is 10.5 Å². The SMILES string of the molecule is COc1c(C2(CN)CCC2)ccc(F)c1O. The fourth-order valence-electron chi connectivity index (χ4n) is 2.36. The largest absolute Gasteiger partial charge is 0.502 e. The van der Waals surface area contributed by atoms with Gasteiger partial charge in [-0.25, -0.2) is 4.39 Å². The van der Waals surface area contributed by atoms with Crippen LogP contribution in [-0.2, 0) is 5.41 Å². The molecule has 1 aromatic carbocycles. The van der Waals surface area contributed by atoms with E-state index in [0.29, 0.717) is 6.54 Å². The van der Waals surface area contributed by atoms with E-state index in [1.807, 2.05) is 0 Å². The molecule has 16 heavy (non-hydrogen) atoms. The molecule has 3 N–H and O–H groups in total. The van der Waals surface area contributed by atoms with Crippen molar-refractivity contribution in [1.82, 2.24) is 0 Å². The quantitative estimate of drug-likeness (QED) is 0.826. The summed E-state index contributed by atoms with van der Waals surface area (Å²) in [5.41, 5.74) is 6.46. The van der Waals surface area contributed by atoms with E-state index < -0.39 is 11.6 Å². The minimum atomic E-state index is -0.660. The van der Waals surface area contributed by atoms with Gasteiger partial charge in [-0.2, -0.15) is 0 Å². The van der Waals surface area contributed by atoms with Crippen molar-refractivity contribution in [3.05, 3.63) is 23.5 Å². The number of ether oxygens (including phenoxy) is 1. The van der Waals surface area contributed by atoms with Crippen LogP contribution in [0.5, 0.6) is 11.5 Å². The van der Waals surface area contributed by atoms with Gasteiger partial charge in [0, 0.05) is 17.5 Å². The summed E-state index contributed by atoms with van der Waals surface area (Å²) in [6, 6.07) is 2.93. The first-order valence-electron chi connectivity index (χ1n) is 5.40. The van der Waals surface area contributed by atoms with Crippen molar-refractivity contribution in [2.75, 3.05) is 13.7 Å². The molecule has 2 rings (SSSR count). The number of hydrogen-bond acceptors (Lipinski definition) is 3. The zero-order valence-electron chi connectivity index (χ0n) is 9.29. The van der Waals surface area contributed by atoms with Crippen LogP contribution in [0.3, 0.4) is 0 Å². The molecule has 3 nitrogen and oxygen atoms in total. The molecule has 0 bridgehead atoms. The van der Waals surface area contributed by atoms with Gasteiger partial charge in [0.05, 0.1) is 7.11 Å². The summed E-state index contributed by atoms with van der Waals surface area (Å²) in [6.07, 6.45) is 3.04. The van der Waals surface area contributed by atoms with Crippen molar-refractivity contribution in [2.24, 2.45) is 5.73 Å². The zero-order valence-corrected chi connectivity index (χ0v) is 9.29. The maximum absolute atomic E-state index is 13.2. The minimum absolute atomic E-state index is 0.142. The highest BCUT2D eigenvalue weighted by Gasteiger charge is 2.40. The number of hydrogen-bond donors (Lipinski definition) is 2. The van der Waals surface area contributed by atoms with Gasteiger partial charge in [0.15, 0.2) is 17.3 Å². The topological polar surface area (TPSA) is 55.5 Å². The van der Waals surface area contributed by atoms with Crippen molar-refractivity contribution in [2.45, 2.75) is 24.7 Å². The Morgan fingerprint density at radius 3 is 2.62 bits per heavy atom. The van der Waals surface area contributed by atoms with Gasteiger partial charge in [0.1, 0.15) is 0 Å². The summed E-state index contributed by atoms with van der Waals surface area (Å²) in [5.74, 6) is -0.850. The van der Waals surface area contributed by atoms with Crippen LogP contribution in [0.2, 0.25) is 0 Å². The lowest BCUT2D eigenvalue weighted by Crippen LogP contribution is -2.41. The number of nitrogens with two attached hydrogens (primary N) is 1. The Bertz CT molecular complexity index is 397. The smallest absolute Gasteiger partial charge is 0.194 e. The lowest BCUT2D eigenvalue weighted by Gasteiger charge is -2.42. The Morgan fingerprint density at radius 1 is 1.50 bits per heavy atom. The van der Waals surface area contributed by atoms with Gasteiger partial charge < -0.3 is 15.6 Å². The van der Waals surface area contributed by atoms with Crippen LogP contribution in [0.25, 0.3) is 0 Å². The van der Waals surface area contributed by atoms with Crippen molar-refractivity contribution in [1.29, 1.82) is 0 Å². The fourth-order valence-corrected chi connectivity index (χ4v) is 2.36. The number of phenolic OH excluding ortho intramolecular Hbond substituents is 1. The summed E-state index contributed by atoms with van der Waals surface area (Å²) in [7, 11) is 1.43. The van der Waals surface area contributed by atoms with Crippen molar-refractivity contribution < 1.29 is 14.2 Å². The number of benzene rings is 1. The number of rotatable bonds is 3. The molecule has 0 unspecified atom stereocenters. The predicted octanol–water partition coefficient (Wildman–Crippen LogP) is 1.92. The molecule has 0 amide bonds. The first kappa shape index (κ1) is 11.2. The molecule has 0 radical (unpaired) electrons. The lowest BCUT2D eigenvalue weighted by molar-refractivity contribution is 0.239. The second-order valence-electron chi connectivity index (χ2n) is 4.31. The van der Waals surface area contributed by atoms with Crippen LogP contribution in [0, 0.1) is 5.82 Å². The van der Waals surface area contributed by atoms with E-state index in [4.69, 9.17) is 10.5 Å². The molecular formula is C12H16FNO2. The highest BCUT2D eigenvalue weighted by Crippen LogP contribution is 2.49. The Kier molecular flexibility index (Phi) is 2.76. The average Bonchev–Trinajstić information content (AvgIpc) is 2.23. The highest BCUT2D eigenvalue weighted by atomic mass is 19.1. The third-order valence-electron chi connectivity index (χ3n) is 3.56. The van der Waals surface area contributed by atoms with Crippen molar-refractivity contribution in [3.63, 3.8) is 0 Å². The van der Waals surface area contributed by atoms with E-state index in [1.54, 1.807) is 6.07 Å². The molecule has 1 fully saturated rings. The Balaban J connectivity index is 2.52. The third kappa shape index (κ3) is 1.45. The molecule has 4 heteroatoms. The predicted molar refractivity (Wildman–Crippen MR) is 59.2 cm³/mol. The summed E-state index contributed by atoms with van der Waals surface area (Å²) in [4.78, 5) is 0. The van der Waals surface area contributed by atoms with E-state index in [-0.39, 0.29) is 11.2 Å². The molecule has 1 aromatic rings. The van der Waals surface area contributed by atoms with Crippen LogP contribution in [0.15, 0.2) is 12.1 Å². The molecule has 0 spiro atoms. The van der Waals surface area contributed by atoms with Gasteiger partial charge in [0.2, 0.25) is 0 Å². The van der Waals surface area contributed by atoms with E-state index in [2.05, 4.69) is 0 Å². The van der Waals surface area contributed by atoms with Gasteiger partial charge in [-0.3, -0.25) is 0 Å². The molecule has 1 aliphatic rings. The van der Waals surface area contributed by atoms with Gasteiger partial charge in [-0.1, -0.05) is 12.5 Å². The Labute approximate surface area is 94.0 Å². The molecular weight excluding hydrogens is 209 g/mol. The number of aromatic hydroxyl groups is 1. The molecule has 1 saturated carbocycles. The Hall–Kier alpha value is -1.29. The minimum Gasteiger partial charge on any atom is -0.502 e. The molecule has 1 aliphatic carbocycles. The highest BCUT2D eigenvalue weighted by molar-refractivity contribution is 5.51. The van der Waals surface area contributed by atoms with Crippen LogP contribution in [0.4, 0.5) is 4.39 Å². The Morgan fingerprint density at radius 2 is 2.19 bits per heavy atom. The van der Waals surface area contributed by atoms with Gasteiger partial charge in [-0.15, -0.1) is 0 Å². The van der Waals surface area contributed by atoms with Crippen LogP contribution >= 0.6 is 0 Å². The summed E-state index contributed by atoms with van der Waals surface area (Å²) < 4.78 is 18.3. The van der Waals surface area contributed by atoms with E-state index in [0.717, 1.165) is 24.8 Å². The molecule has 0 atom stereocenters. The summed E-state index contributed by atoms with van der Waals surface area (Å²) >= 11 is 0. The fraction of sp³-hybridized carbons (Fsp3) is 0.500. The molecule has 0 aromatic heterocycles. The normalized spacial score (nSPS) is 17.9. The second-order valence-corrected chi connectivity index (χ2v) is 4.31. The zero-order chi connectivity index (χ0) is 11.8. The summed E-state index contributed by atoms with van der Waals surface area (Å²) in [6.45, 7) is 0.494. The van der Waals surface area contributed by atoms with Crippen LogP contribution in [-0.4, -0.2) is 18.8 Å². The van der Waals surface area contributed by atoms with Crippen molar-refractivity contribution in [3.8, 4) is 11.5 Å². The summed E-state index contributed by atoms with van der Waals surface area (Å²) in [5, 5.41) is 9.62. The monoisotopic (exact) mass is 225 g/mol. The maximum Gasteiger partial charge on any atom is 0.194 e. The van der Waals surface area contributed by atoms with Gasteiger partial charge >= 0.3 is 0 Å². The lowest BCUT2D eigenvalue weighted by atomic mass is 9.64. The standard InChI is InChI=1S/C12H16FNO2/c1-16-11-8(3-4-9(13)10(11)15)12(7-14)5-2-6-12/h3-4,15H,2,5-7,14H2,1H3. The maximum atomic E-state index is 13.2. The van der Waals surface area contributed by atoms with Gasteiger partial charge in [-0.05, 0) is 18.9 Å². The average molecular weight is 225 g/mol. The number of halogens is 1. The van der Waals surface area contributed by atoms with E-state index in [9.17, 15) is 9.50 Å². The first-order valence-corrected chi connectivity index (χ1v) is 5.40. The van der Waals surface area contributed by atoms with E-state index in [1.165, 1.54) is 13.2 Å². The number of phenols is 1. The molecule has 0 aliphatic heterocycles. The molecule has 88 valence electrons. The first-order chi connectivity index (χ1) is 7.64. The van der Waals surface area contributed by atoms with Crippen LogP contribution in [0.1, 0.15) is 24.8 Å². The third-order valence-corrected chi connectivity index (χ3v) is 3.56. The molecule has 0 saturated heterocycles. The second kappa shape index (κ2) is 3.94. The number of methoxy groups -OCH3 is 1. The van der Waals surface area contributed by atoms with Crippen molar-refractivity contribution >= 4 is 0 Å². The van der Waals surface area contributed by atoms with Gasteiger partial charge in [0.25, 0.3) is 0 Å².